The van der Waals surface area contributed by atoms with Gasteiger partial charge in [-0.05, 0) is 25.1 Å². The Bertz CT molecular complexity index is 526. The summed E-state index contributed by atoms with van der Waals surface area (Å²) in [6.07, 6.45) is 2.84. The van der Waals surface area contributed by atoms with E-state index in [4.69, 9.17) is 10.1 Å². The van der Waals surface area contributed by atoms with Crippen molar-refractivity contribution in [3.63, 3.8) is 0 Å². The zero-order valence-electron chi connectivity index (χ0n) is 11.5. The largest absolute Gasteiger partial charge is 0.396 e. The molecule has 0 fully saturated rings. The Morgan fingerprint density at radius 1 is 1.47 bits per heavy atom. The van der Waals surface area contributed by atoms with Crippen LogP contribution in [0, 0.1) is 0 Å². The van der Waals surface area contributed by atoms with Gasteiger partial charge in [-0.2, -0.15) is 0 Å². The van der Waals surface area contributed by atoms with E-state index in [1.165, 1.54) is 5.69 Å². The van der Waals surface area contributed by atoms with Gasteiger partial charge in [0.25, 0.3) is 0 Å². The predicted octanol–water partition coefficient (Wildman–Crippen LogP) is 2.31. The molecular formula is C14H21N3OS. The smallest absolute Gasteiger partial charge is 0.138 e. The van der Waals surface area contributed by atoms with Crippen LogP contribution in [-0.2, 0) is 6.54 Å². The van der Waals surface area contributed by atoms with E-state index in [2.05, 4.69) is 29.8 Å². The third-order valence-corrected chi connectivity index (χ3v) is 4.17. The molecule has 5 heteroatoms. The van der Waals surface area contributed by atoms with Gasteiger partial charge in [-0.15, -0.1) is 11.8 Å². The van der Waals surface area contributed by atoms with E-state index in [9.17, 15) is 0 Å². The molecule has 0 aliphatic rings. The highest BCUT2D eigenvalue weighted by molar-refractivity contribution is 7.99. The topological polar surface area (TPSA) is 49.6 Å². The Balaban J connectivity index is 2.29. The van der Waals surface area contributed by atoms with Gasteiger partial charge in [-0.1, -0.05) is 19.9 Å². The normalized spacial score (nSPS) is 13.0. The molecule has 2 aromatic heterocycles. The fourth-order valence-electron chi connectivity index (χ4n) is 1.95. The number of imidazole rings is 1. The molecule has 0 saturated heterocycles. The van der Waals surface area contributed by atoms with Crippen molar-refractivity contribution in [1.82, 2.24) is 14.7 Å². The van der Waals surface area contributed by atoms with E-state index < -0.39 is 0 Å². The van der Waals surface area contributed by atoms with E-state index in [1.54, 1.807) is 11.8 Å². The van der Waals surface area contributed by atoms with E-state index in [1.807, 2.05) is 18.2 Å². The van der Waals surface area contributed by atoms with Crippen LogP contribution in [0.1, 0.15) is 26.0 Å². The van der Waals surface area contributed by atoms with Crippen LogP contribution in [0.5, 0.6) is 0 Å². The SMILES string of the molecule is CCNCc1c(SC(C)CCO)nc2ccccn12. The van der Waals surface area contributed by atoms with Crippen molar-refractivity contribution in [3.05, 3.63) is 30.1 Å². The van der Waals surface area contributed by atoms with Gasteiger partial charge >= 0.3 is 0 Å². The lowest BCUT2D eigenvalue weighted by Crippen LogP contribution is -2.14. The Kier molecular flexibility index (Phi) is 5.24. The van der Waals surface area contributed by atoms with Crippen molar-refractivity contribution in [1.29, 1.82) is 0 Å². The molecule has 0 bridgehead atoms. The molecule has 0 saturated carbocycles. The van der Waals surface area contributed by atoms with Gasteiger partial charge < -0.3 is 14.8 Å². The molecule has 0 radical (unpaired) electrons. The number of pyridine rings is 1. The van der Waals surface area contributed by atoms with E-state index in [0.29, 0.717) is 5.25 Å². The third-order valence-electron chi connectivity index (χ3n) is 2.98. The molecule has 104 valence electrons. The number of nitrogens with zero attached hydrogens (tertiary/aromatic N) is 2. The van der Waals surface area contributed by atoms with Gasteiger partial charge in [0.05, 0.1) is 5.69 Å². The predicted molar refractivity (Wildman–Crippen MR) is 79.6 cm³/mol. The van der Waals surface area contributed by atoms with Crippen molar-refractivity contribution >= 4 is 17.4 Å². The highest BCUT2D eigenvalue weighted by Crippen LogP contribution is 2.28. The number of nitrogens with one attached hydrogen (secondary N) is 1. The minimum atomic E-state index is 0.226. The number of hydrogen-bond donors (Lipinski definition) is 2. The van der Waals surface area contributed by atoms with Crippen molar-refractivity contribution in [3.8, 4) is 0 Å². The summed E-state index contributed by atoms with van der Waals surface area (Å²) in [5.41, 5.74) is 2.18. The van der Waals surface area contributed by atoms with Gasteiger partial charge in [0.1, 0.15) is 10.7 Å². The summed E-state index contributed by atoms with van der Waals surface area (Å²) in [5, 5.41) is 13.8. The average molecular weight is 279 g/mol. The van der Waals surface area contributed by atoms with Crippen LogP contribution in [0.4, 0.5) is 0 Å². The number of aliphatic hydroxyl groups excluding tert-OH is 1. The van der Waals surface area contributed by atoms with Crippen molar-refractivity contribution in [2.24, 2.45) is 0 Å². The first-order chi connectivity index (χ1) is 9.26. The quantitative estimate of drug-likeness (QED) is 0.764. The zero-order valence-corrected chi connectivity index (χ0v) is 12.3. The standard InChI is InChI=1S/C14H21N3OS/c1-3-15-10-12-14(19-11(2)7-9-18)16-13-6-4-5-8-17(12)13/h4-6,8,11,15,18H,3,7,9-10H2,1-2H3. The highest BCUT2D eigenvalue weighted by Gasteiger charge is 2.14. The minimum Gasteiger partial charge on any atom is -0.396 e. The van der Waals surface area contributed by atoms with Crippen molar-refractivity contribution < 1.29 is 5.11 Å². The highest BCUT2D eigenvalue weighted by atomic mass is 32.2. The first-order valence-electron chi connectivity index (χ1n) is 6.70. The van der Waals surface area contributed by atoms with Crippen LogP contribution in [0.15, 0.2) is 29.4 Å². The molecule has 2 N–H and O–H groups in total. The van der Waals surface area contributed by atoms with Crippen molar-refractivity contribution in [2.45, 2.75) is 37.1 Å². The molecule has 1 atom stereocenters. The molecule has 0 amide bonds. The van der Waals surface area contributed by atoms with E-state index in [0.717, 1.165) is 30.2 Å². The maximum Gasteiger partial charge on any atom is 0.138 e. The minimum absolute atomic E-state index is 0.226. The molecule has 1 unspecified atom stereocenters. The van der Waals surface area contributed by atoms with Crippen molar-refractivity contribution in [2.75, 3.05) is 13.2 Å². The summed E-state index contributed by atoms with van der Waals surface area (Å²) < 4.78 is 2.14. The van der Waals surface area contributed by atoms with Crippen LogP contribution in [0.3, 0.4) is 0 Å². The summed E-state index contributed by atoms with van der Waals surface area (Å²) in [6.45, 7) is 6.21. The van der Waals surface area contributed by atoms with E-state index >= 15 is 0 Å². The third kappa shape index (κ3) is 3.49. The Morgan fingerprint density at radius 2 is 2.32 bits per heavy atom. The first-order valence-corrected chi connectivity index (χ1v) is 7.58. The summed E-state index contributed by atoms with van der Waals surface area (Å²) in [7, 11) is 0. The molecule has 2 heterocycles. The van der Waals surface area contributed by atoms with Gasteiger partial charge in [0, 0.05) is 24.6 Å². The fourth-order valence-corrected chi connectivity index (χ4v) is 3.01. The molecule has 4 nitrogen and oxygen atoms in total. The molecule has 2 rings (SSSR count). The Labute approximate surface area is 118 Å². The molecule has 0 spiro atoms. The monoisotopic (exact) mass is 279 g/mol. The average Bonchev–Trinajstić information content (AvgIpc) is 2.74. The Hall–Kier alpha value is -1.04. The van der Waals surface area contributed by atoms with E-state index in [-0.39, 0.29) is 6.61 Å². The number of aromatic nitrogens is 2. The maximum absolute atomic E-state index is 9.01. The molecule has 2 aromatic rings. The zero-order chi connectivity index (χ0) is 13.7. The number of fused-ring (bicyclic) bond motifs is 1. The van der Waals surface area contributed by atoms with Gasteiger partial charge in [-0.25, -0.2) is 4.98 Å². The number of aliphatic hydroxyl groups is 1. The molecule has 19 heavy (non-hydrogen) atoms. The molecule has 0 aromatic carbocycles. The second-order valence-electron chi connectivity index (χ2n) is 4.51. The molecular weight excluding hydrogens is 258 g/mol. The lowest BCUT2D eigenvalue weighted by molar-refractivity contribution is 0.289. The van der Waals surface area contributed by atoms with Crippen LogP contribution in [0.25, 0.3) is 5.65 Å². The van der Waals surface area contributed by atoms with Gasteiger partial charge in [0.15, 0.2) is 0 Å². The van der Waals surface area contributed by atoms with Crippen LogP contribution in [-0.4, -0.2) is 32.9 Å². The van der Waals surface area contributed by atoms with Gasteiger partial charge in [-0.3, -0.25) is 0 Å². The first kappa shape index (κ1) is 14.4. The number of thioether (sulfide) groups is 1. The summed E-state index contributed by atoms with van der Waals surface area (Å²) >= 11 is 1.74. The molecule has 0 aliphatic heterocycles. The van der Waals surface area contributed by atoms with Gasteiger partial charge in [0.2, 0.25) is 0 Å². The maximum atomic E-state index is 9.01. The second kappa shape index (κ2) is 6.93. The summed E-state index contributed by atoms with van der Waals surface area (Å²) in [6, 6.07) is 6.05. The fraction of sp³-hybridized carbons (Fsp3) is 0.500. The lowest BCUT2D eigenvalue weighted by atomic mass is 10.3. The second-order valence-corrected chi connectivity index (χ2v) is 5.94. The van der Waals surface area contributed by atoms with Crippen LogP contribution >= 0.6 is 11.8 Å². The Morgan fingerprint density at radius 3 is 3.05 bits per heavy atom. The van der Waals surface area contributed by atoms with Crippen LogP contribution in [0.2, 0.25) is 0 Å². The summed E-state index contributed by atoms with van der Waals surface area (Å²) in [5.74, 6) is 0. The number of rotatable bonds is 7. The number of hydrogen-bond acceptors (Lipinski definition) is 4. The summed E-state index contributed by atoms with van der Waals surface area (Å²) in [4.78, 5) is 4.69. The lowest BCUT2D eigenvalue weighted by Gasteiger charge is -2.09. The van der Waals surface area contributed by atoms with Crippen LogP contribution < -0.4 is 5.32 Å². The molecule has 0 aliphatic carbocycles.